The van der Waals surface area contributed by atoms with Crippen molar-refractivity contribution in [1.82, 2.24) is 10.3 Å². The Bertz CT molecular complexity index is 1770. The lowest BCUT2D eigenvalue weighted by Gasteiger charge is -2.29. The number of nitrogens with one attached hydrogen (secondary N) is 3. The van der Waals surface area contributed by atoms with Crippen molar-refractivity contribution in [3.63, 3.8) is 0 Å². The van der Waals surface area contributed by atoms with Gasteiger partial charge in [-0.3, -0.25) is 19.7 Å². The predicted molar refractivity (Wildman–Crippen MR) is 148 cm³/mol. The third-order valence-corrected chi connectivity index (χ3v) is 8.43. The Morgan fingerprint density at radius 3 is 2.59 bits per heavy atom. The first-order valence-corrected chi connectivity index (χ1v) is 13.4. The Labute approximate surface area is 233 Å². The number of nitrogens with zero attached hydrogens (tertiary/aromatic N) is 1. The number of carbonyl (C=O) groups is 4. The fourth-order valence-corrected chi connectivity index (χ4v) is 6.70. The summed E-state index contributed by atoms with van der Waals surface area (Å²) in [6.07, 6.45) is 2.21. The highest BCUT2D eigenvalue weighted by atomic mass is 19.1. The van der Waals surface area contributed by atoms with Crippen LogP contribution in [0.5, 0.6) is 0 Å². The van der Waals surface area contributed by atoms with Gasteiger partial charge in [-0.1, -0.05) is 18.2 Å². The number of imide groups is 1. The van der Waals surface area contributed by atoms with Crippen LogP contribution in [0.3, 0.4) is 0 Å². The number of halogens is 1. The standard InChI is InChI=1S/C31H25FN4O5/c1-2-41-29(39)16-7-10-19(11-8-16)36-27(37)25-24(13-17-15-33-22-6-4-3-5-20(17)22)35-31(26(25)28(36)38)21-14-18(32)9-12-23(21)34-30(31)40/h3-12,14-15,24-26,33,35H,2,13H2,1H3,(H,34,40). The van der Waals surface area contributed by atoms with Crippen LogP contribution in [0, 0.1) is 17.7 Å². The summed E-state index contributed by atoms with van der Waals surface area (Å²) in [6.45, 7) is 1.91. The largest absolute Gasteiger partial charge is 0.462 e. The van der Waals surface area contributed by atoms with Gasteiger partial charge in [-0.2, -0.15) is 0 Å². The molecule has 3 aliphatic rings. The summed E-state index contributed by atoms with van der Waals surface area (Å²) in [5, 5.41) is 7.12. The number of carbonyl (C=O) groups excluding carboxylic acids is 4. The normalized spacial score (nSPS) is 24.7. The van der Waals surface area contributed by atoms with E-state index in [1.807, 2.05) is 30.5 Å². The van der Waals surface area contributed by atoms with E-state index in [0.717, 1.165) is 21.4 Å². The summed E-state index contributed by atoms with van der Waals surface area (Å²) in [7, 11) is 0. The second kappa shape index (κ2) is 9.10. The van der Waals surface area contributed by atoms with E-state index in [9.17, 15) is 23.6 Å². The molecule has 4 aromatic rings. The van der Waals surface area contributed by atoms with Crippen molar-refractivity contribution in [2.45, 2.75) is 24.9 Å². The molecule has 206 valence electrons. The monoisotopic (exact) mass is 552 g/mol. The maximum Gasteiger partial charge on any atom is 0.338 e. The van der Waals surface area contributed by atoms with E-state index in [0.29, 0.717) is 17.7 Å². The van der Waals surface area contributed by atoms with Gasteiger partial charge in [0.15, 0.2) is 0 Å². The molecule has 10 heteroatoms. The van der Waals surface area contributed by atoms with Crippen LogP contribution in [0.25, 0.3) is 10.9 Å². The van der Waals surface area contributed by atoms with Crippen molar-refractivity contribution in [1.29, 1.82) is 0 Å². The molecule has 3 amide bonds. The number of fused-ring (bicyclic) bond motifs is 5. The van der Waals surface area contributed by atoms with Gasteiger partial charge in [0.25, 0.3) is 0 Å². The summed E-state index contributed by atoms with van der Waals surface area (Å²) in [4.78, 5) is 58.5. The van der Waals surface area contributed by atoms with Crippen LogP contribution in [0.1, 0.15) is 28.4 Å². The number of rotatable bonds is 5. The van der Waals surface area contributed by atoms with Crippen LogP contribution in [0.15, 0.2) is 72.9 Å². The number of hydrogen-bond acceptors (Lipinski definition) is 6. The maximum absolute atomic E-state index is 14.5. The minimum Gasteiger partial charge on any atom is -0.462 e. The molecule has 0 aliphatic carbocycles. The van der Waals surface area contributed by atoms with E-state index >= 15 is 0 Å². The molecule has 2 saturated heterocycles. The number of esters is 1. The van der Waals surface area contributed by atoms with E-state index in [4.69, 9.17) is 4.74 Å². The lowest BCUT2D eigenvalue weighted by Crippen LogP contribution is -2.53. The Kier molecular flexibility index (Phi) is 5.58. The smallest absolute Gasteiger partial charge is 0.338 e. The minimum absolute atomic E-state index is 0.212. The van der Waals surface area contributed by atoms with Gasteiger partial charge in [-0.15, -0.1) is 0 Å². The molecule has 1 aromatic heterocycles. The van der Waals surface area contributed by atoms with Crippen molar-refractivity contribution >= 4 is 46.0 Å². The van der Waals surface area contributed by atoms with Crippen molar-refractivity contribution in [3.05, 3.63) is 95.4 Å². The second-order valence-corrected chi connectivity index (χ2v) is 10.5. The van der Waals surface area contributed by atoms with Crippen molar-refractivity contribution < 1.29 is 28.3 Å². The Morgan fingerprint density at radius 2 is 1.80 bits per heavy atom. The highest BCUT2D eigenvalue weighted by Crippen LogP contribution is 2.54. The van der Waals surface area contributed by atoms with E-state index in [-0.39, 0.29) is 17.9 Å². The van der Waals surface area contributed by atoms with Gasteiger partial charge in [-0.05, 0) is 67.4 Å². The summed E-state index contributed by atoms with van der Waals surface area (Å²) in [5.41, 5.74) is 1.48. The first-order valence-electron chi connectivity index (χ1n) is 13.4. The number of amides is 3. The predicted octanol–water partition coefficient (Wildman–Crippen LogP) is 3.65. The van der Waals surface area contributed by atoms with Crippen molar-refractivity contribution in [2.24, 2.45) is 11.8 Å². The van der Waals surface area contributed by atoms with Gasteiger partial charge >= 0.3 is 5.97 Å². The zero-order valence-corrected chi connectivity index (χ0v) is 21.9. The summed E-state index contributed by atoms with van der Waals surface area (Å²) in [6, 6.07) is 17.1. The molecule has 0 radical (unpaired) electrons. The van der Waals surface area contributed by atoms with Crippen molar-refractivity contribution in [2.75, 3.05) is 16.8 Å². The zero-order valence-electron chi connectivity index (χ0n) is 21.9. The molecular weight excluding hydrogens is 527 g/mol. The molecule has 3 aliphatic heterocycles. The summed E-state index contributed by atoms with van der Waals surface area (Å²) < 4.78 is 19.6. The van der Waals surface area contributed by atoms with Crippen LogP contribution >= 0.6 is 0 Å². The number of aromatic amines is 1. The number of aromatic nitrogens is 1. The molecule has 41 heavy (non-hydrogen) atoms. The second-order valence-electron chi connectivity index (χ2n) is 10.5. The van der Waals surface area contributed by atoms with E-state index < -0.39 is 52.9 Å². The van der Waals surface area contributed by atoms with Gasteiger partial charge < -0.3 is 15.0 Å². The van der Waals surface area contributed by atoms with E-state index in [1.165, 1.54) is 42.5 Å². The molecule has 4 unspecified atom stereocenters. The molecule has 3 N–H and O–H groups in total. The molecule has 9 nitrogen and oxygen atoms in total. The third-order valence-electron chi connectivity index (χ3n) is 8.43. The molecule has 4 heterocycles. The lowest BCUT2D eigenvalue weighted by molar-refractivity contribution is -0.130. The van der Waals surface area contributed by atoms with Gasteiger partial charge in [0, 0.05) is 34.4 Å². The number of hydrogen-bond donors (Lipinski definition) is 3. The first-order chi connectivity index (χ1) is 19.8. The van der Waals surface area contributed by atoms with Gasteiger partial charge in [-0.25, -0.2) is 14.1 Å². The number of benzene rings is 3. The van der Waals surface area contributed by atoms with E-state index in [1.54, 1.807) is 6.92 Å². The fraction of sp³-hybridized carbons (Fsp3) is 0.226. The molecule has 0 bridgehead atoms. The Balaban J connectivity index is 1.33. The molecule has 7 rings (SSSR count). The SMILES string of the molecule is CCOC(=O)c1ccc(N2C(=O)C3C(Cc4c[nH]c5ccccc45)NC4(C(=O)Nc5ccc(F)cc54)C3C2=O)cc1. The van der Waals surface area contributed by atoms with Crippen LogP contribution in [0.2, 0.25) is 0 Å². The van der Waals surface area contributed by atoms with Crippen LogP contribution < -0.4 is 15.5 Å². The molecule has 4 atom stereocenters. The average molecular weight is 553 g/mol. The molecule has 0 saturated carbocycles. The maximum atomic E-state index is 14.5. The molecule has 1 spiro atoms. The first kappa shape index (κ1) is 25.2. The van der Waals surface area contributed by atoms with Crippen molar-refractivity contribution in [3.8, 4) is 0 Å². The number of H-pyrrole nitrogens is 1. The quantitative estimate of drug-likeness (QED) is 0.257. The molecular formula is C31H25FN4O5. The van der Waals surface area contributed by atoms with Gasteiger partial charge in [0.05, 0.1) is 29.7 Å². The van der Waals surface area contributed by atoms with Crippen LogP contribution in [-0.4, -0.2) is 41.3 Å². The number of para-hydroxylation sites is 1. The summed E-state index contributed by atoms with van der Waals surface area (Å²) in [5.74, 6) is -4.62. The van der Waals surface area contributed by atoms with E-state index in [2.05, 4.69) is 15.6 Å². The van der Waals surface area contributed by atoms with Gasteiger partial charge in [0.1, 0.15) is 11.4 Å². The highest BCUT2D eigenvalue weighted by molar-refractivity contribution is 6.26. The zero-order chi connectivity index (χ0) is 28.5. The number of ether oxygens (including phenoxy) is 1. The topological polar surface area (TPSA) is 121 Å². The fourth-order valence-electron chi connectivity index (χ4n) is 6.70. The van der Waals surface area contributed by atoms with Crippen LogP contribution in [0.4, 0.5) is 15.8 Å². The Hall–Kier alpha value is -4.83. The molecule has 2 fully saturated rings. The summed E-state index contributed by atoms with van der Waals surface area (Å²) >= 11 is 0. The number of anilines is 2. The molecule has 3 aromatic carbocycles. The lowest BCUT2D eigenvalue weighted by atomic mass is 9.76. The third kappa shape index (κ3) is 3.57. The average Bonchev–Trinajstić information content (AvgIpc) is 3.68. The Morgan fingerprint density at radius 1 is 1.02 bits per heavy atom. The van der Waals surface area contributed by atoms with Gasteiger partial charge in [0.2, 0.25) is 17.7 Å². The minimum atomic E-state index is -1.63. The van der Waals surface area contributed by atoms with Crippen LogP contribution in [-0.2, 0) is 31.1 Å². The highest BCUT2D eigenvalue weighted by Gasteiger charge is 2.70.